The summed E-state index contributed by atoms with van der Waals surface area (Å²) in [6, 6.07) is 0. The summed E-state index contributed by atoms with van der Waals surface area (Å²) in [5.41, 5.74) is -0.178. The Hall–Kier alpha value is -0.0551. The van der Waals surface area contributed by atoms with Crippen LogP contribution in [0.15, 0.2) is 0 Å². The Balaban J connectivity index is 1.80. The molecule has 0 saturated heterocycles. The van der Waals surface area contributed by atoms with Crippen LogP contribution in [0.4, 0.5) is 0 Å². The van der Waals surface area contributed by atoms with E-state index in [0.29, 0.717) is 0 Å². The van der Waals surface area contributed by atoms with Crippen molar-refractivity contribution in [3.63, 3.8) is 0 Å². The lowest BCUT2D eigenvalue weighted by Crippen LogP contribution is -2.54. The first-order chi connectivity index (χ1) is 6.65. The summed E-state index contributed by atoms with van der Waals surface area (Å²) in [6.07, 6.45) is 7.21. The van der Waals surface area contributed by atoms with Gasteiger partial charge in [0, 0.05) is 0 Å². The zero-order valence-corrected chi connectivity index (χ0v) is 8.35. The summed E-state index contributed by atoms with van der Waals surface area (Å²) in [5, 5.41) is 17.9. The van der Waals surface area contributed by atoms with Crippen molar-refractivity contribution in [3.8, 4) is 0 Å². The van der Waals surface area contributed by atoms with E-state index in [1.165, 1.54) is 19.3 Å². The average molecular weight is 196 g/mol. The Kier molecular flexibility index (Phi) is 1.95. The van der Waals surface area contributed by atoms with Gasteiger partial charge in [-0.1, -0.05) is 0 Å². The number of rotatable bonds is 2. The molecule has 0 radical (unpaired) electrons. The summed E-state index contributed by atoms with van der Waals surface area (Å²) in [5.74, 6) is 2.37. The van der Waals surface area contributed by atoms with Crippen molar-refractivity contribution < 1.29 is 14.7 Å². The first kappa shape index (κ1) is 9.19. The first-order valence-corrected chi connectivity index (χ1v) is 5.69. The van der Waals surface area contributed by atoms with Gasteiger partial charge in [-0.2, -0.15) is 0 Å². The molecule has 78 valence electrons. The van der Waals surface area contributed by atoms with Crippen LogP contribution < -0.4 is 0 Å². The monoisotopic (exact) mass is 196 g/mol. The van der Waals surface area contributed by atoms with Crippen LogP contribution in [0.1, 0.15) is 38.5 Å². The van der Waals surface area contributed by atoms with E-state index < -0.39 is 7.32 Å². The molecular formula is C10H17BO3. The highest BCUT2D eigenvalue weighted by atomic mass is 16.6. The lowest BCUT2D eigenvalue weighted by Gasteiger charge is -2.56. The van der Waals surface area contributed by atoms with Gasteiger partial charge < -0.3 is 14.7 Å². The minimum absolute atomic E-state index is 0.178. The Bertz CT molecular complexity index is 200. The van der Waals surface area contributed by atoms with Crippen LogP contribution in [0.3, 0.4) is 0 Å². The summed E-state index contributed by atoms with van der Waals surface area (Å²) < 4.78 is 5.36. The van der Waals surface area contributed by atoms with Gasteiger partial charge in [0.2, 0.25) is 0 Å². The van der Waals surface area contributed by atoms with Crippen molar-refractivity contribution in [1.29, 1.82) is 0 Å². The van der Waals surface area contributed by atoms with Gasteiger partial charge in [0.25, 0.3) is 0 Å². The summed E-state index contributed by atoms with van der Waals surface area (Å²) in [6.45, 7) is 0. The molecule has 0 aromatic rings. The van der Waals surface area contributed by atoms with E-state index in [0.717, 1.165) is 37.0 Å². The third-order valence-electron chi connectivity index (χ3n) is 4.34. The molecule has 0 unspecified atom stereocenters. The fourth-order valence-corrected chi connectivity index (χ4v) is 4.40. The van der Waals surface area contributed by atoms with Gasteiger partial charge in [-0.3, -0.25) is 0 Å². The van der Waals surface area contributed by atoms with Crippen molar-refractivity contribution in [1.82, 2.24) is 0 Å². The van der Waals surface area contributed by atoms with Gasteiger partial charge in [-0.25, -0.2) is 0 Å². The maximum absolute atomic E-state index is 8.95. The Labute approximate surface area is 84.6 Å². The number of hydrogen-bond donors (Lipinski definition) is 2. The van der Waals surface area contributed by atoms with Crippen LogP contribution >= 0.6 is 0 Å². The van der Waals surface area contributed by atoms with Gasteiger partial charge in [-0.05, 0) is 56.3 Å². The van der Waals surface area contributed by atoms with Crippen molar-refractivity contribution >= 4 is 7.32 Å². The van der Waals surface area contributed by atoms with Crippen molar-refractivity contribution in [3.05, 3.63) is 0 Å². The molecule has 4 aliphatic rings. The molecule has 0 amide bonds. The molecule has 4 heteroatoms. The molecule has 0 heterocycles. The normalized spacial score (nSPS) is 49.7. The number of hydrogen-bond acceptors (Lipinski definition) is 3. The van der Waals surface area contributed by atoms with Gasteiger partial charge in [-0.15, -0.1) is 0 Å². The minimum Gasteiger partial charge on any atom is -0.402 e. The predicted octanol–water partition coefficient (Wildman–Crippen LogP) is 0.941. The highest BCUT2D eigenvalue weighted by Crippen LogP contribution is 2.57. The molecule has 0 aliphatic heterocycles. The summed E-state index contributed by atoms with van der Waals surface area (Å²) >= 11 is 0. The van der Waals surface area contributed by atoms with E-state index in [1.54, 1.807) is 0 Å². The van der Waals surface area contributed by atoms with Crippen LogP contribution in [0.2, 0.25) is 0 Å². The Morgan fingerprint density at radius 1 is 0.929 bits per heavy atom. The van der Waals surface area contributed by atoms with Crippen molar-refractivity contribution in [2.24, 2.45) is 17.8 Å². The van der Waals surface area contributed by atoms with Crippen LogP contribution in [0, 0.1) is 17.8 Å². The van der Waals surface area contributed by atoms with Gasteiger partial charge >= 0.3 is 7.32 Å². The van der Waals surface area contributed by atoms with Gasteiger partial charge in [0.1, 0.15) is 0 Å². The predicted molar refractivity (Wildman–Crippen MR) is 52.2 cm³/mol. The molecule has 0 aromatic carbocycles. The second kappa shape index (κ2) is 2.97. The average Bonchev–Trinajstić information content (AvgIpc) is 1.96. The molecule has 0 atom stereocenters. The van der Waals surface area contributed by atoms with E-state index in [4.69, 9.17) is 14.7 Å². The molecule has 2 N–H and O–H groups in total. The second-order valence-corrected chi connectivity index (χ2v) is 5.54. The van der Waals surface area contributed by atoms with E-state index >= 15 is 0 Å². The molecule has 0 spiro atoms. The smallest absolute Gasteiger partial charge is 0.402 e. The van der Waals surface area contributed by atoms with Gasteiger partial charge in [0.05, 0.1) is 5.60 Å². The molecule has 14 heavy (non-hydrogen) atoms. The fraction of sp³-hybridized carbons (Fsp3) is 1.00. The largest absolute Gasteiger partial charge is 0.634 e. The van der Waals surface area contributed by atoms with Crippen LogP contribution in [0.5, 0.6) is 0 Å². The van der Waals surface area contributed by atoms with Crippen molar-refractivity contribution in [2.75, 3.05) is 0 Å². The maximum Gasteiger partial charge on any atom is 0.634 e. The molecule has 4 bridgehead atoms. The molecular weight excluding hydrogens is 179 g/mol. The van der Waals surface area contributed by atoms with E-state index in [2.05, 4.69) is 0 Å². The molecule has 4 fully saturated rings. The van der Waals surface area contributed by atoms with E-state index in [-0.39, 0.29) is 5.60 Å². The highest BCUT2D eigenvalue weighted by Gasteiger charge is 2.52. The van der Waals surface area contributed by atoms with Crippen LogP contribution in [-0.2, 0) is 4.65 Å². The zero-order valence-electron chi connectivity index (χ0n) is 8.35. The Morgan fingerprint density at radius 2 is 1.36 bits per heavy atom. The molecule has 3 nitrogen and oxygen atoms in total. The summed E-state index contributed by atoms with van der Waals surface area (Å²) in [7, 11) is -1.58. The van der Waals surface area contributed by atoms with Crippen LogP contribution in [0.25, 0.3) is 0 Å². The maximum atomic E-state index is 8.95. The molecule has 4 saturated carbocycles. The minimum atomic E-state index is -1.58. The lowest BCUT2D eigenvalue weighted by atomic mass is 9.54. The molecule has 4 rings (SSSR count). The fourth-order valence-electron chi connectivity index (χ4n) is 4.40. The SMILES string of the molecule is OB(O)OC12CC3CC(CC(C3)C1)C2. The third kappa shape index (κ3) is 1.40. The van der Waals surface area contributed by atoms with Crippen LogP contribution in [-0.4, -0.2) is 23.0 Å². The summed E-state index contributed by atoms with van der Waals surface area (Å²) in [4.78, 5) is 0. The Morgan fingerprint density at radius 3 is 1.71 bits per heavy atom. The highest BCUT2D eigenvalue weighted by molar-refractivity contribution is 6.32. The van der Waals surface area contributed by atoms with E-state index in [9.17, 15) is 0 Å². The standard InChI is InChI=1S/C10H17BO3/c12-11(13)14-10-4-7-1-8(5-10)3-9(2-7)6-10/h7-9,12-13H,1-6H2. The van der Waals surface area contributed by atoms with Crippen molar-refractivity contribution in [2.45, 2.75) is 44.1 Å². The zero-order chi connectivity index (χ0) is 9.76. The second-order valence-electron chi connectivity index (χ2n) is 5.54. The quantitative estimate of drug-likeness (QED) is 0.646. The molecule has 0 aromatic heterocycles. The third-order valence-corrected chi connectivity index (χ3v) is 4.34. The van der Waals surface area contributed by atoms with Gasteiger partial charge in [0.15, 0.2) is 0 Å². The first-order valence-electron chi connectivity index (χ1n) is 5.69. The molecule has 4 aliphatic carbocycles. The lowest BCUT2D eigenvalue weighted by molar-refractivity contribution is -0.124. The van der Waals surface area contributed by atoms with E-state index in [1.807, 2.05) is 0 Å². The topological polar surface area (TPSA) is 49.7 Å².